The smallest absolute Gasteiger partial charge is 0.264 e. The minimum Gasteiger partial charge on any atom is -0.484 e. The molecule has 0 bridgehead atoms. The maximum atomic E-state index is 12.1. The zero-order chi connectivity index (χ0) is 15.1. The number of anilines is 1. The van der Waals surface area contributed by atoms with Crippen molar-refractivity contribution in [3.05, 3.63) is 60.2 Å². The van der Waals surface area contributed by atoms with Gasteiger partial charge in [0.1, 0.15) is 5.75 Å². The molecule has 1 amide bonds. The number of carbonyl (C=O) groups excluding carboxylic acids is 1. The fourth-order valence-corrected chi connectivity index (χ4v) is 1.95. The van der Waals surface area contributed by atoms with Gasteiger partial charge >= 0.3 is 0 Å². The van der Waals surface area contributed by atoms with Crippen LogP contribution in [0.5, 0.6) is 5.75 Å². The number of carbonyl (C=O) groups is 1. The summed E-state index contributed by atoms with van der Waals surface area (Å²) in [5, 5.41) is 3.09. The number of benzene rings is 2. The highest BCUT2D eigenvalue weighted by Crippen LogP contribution is 2.14. The predicted molar refractivity (Wildman–Crippen MR) is 84.6 cm³/mol. The minimum atomic E-state index is -0.0829. The average molecular weight is 284 g/mol. The fraction of sp³-hybridized carbons (Fsp3) is 0.235. The first-order valence-electron chi connectivity index (χ1n) is 6.88. The Balaban J connectivity index is 1.89. The van der Waals surface area contributed by atoms with Crippen molar-refractivity contribution in [1.29, 1.82) is 0 Å². The van der Waals surface area contributed by atoms with Gasteiger partial charge in [-0.3, -0.25) is 4.79 Å². The van der Waals surface area contributed by atoms with E-state index in [2.05, 4.69) is 5.32 Å². The van der Waals surface area contributed by atoms with E-state index in [0.717, 1.165) is 12.2 Å². The Kier molecular flexibility index (Phi) is 5.35. The van der Waals surface area contributed by atoms with Crippen LogP contribution in [0.15, 0.2) is 54.6 Å². The predicted octanol–water partition coefficient (Wildman–Crippen LogP) is 2.45. The van der Waals surface area contributed by atoms with Gasteiger partial charge in [-0.1, -0.05) is 30.3 Å². The van der Waals surface area contributed by atoms with Crippen LogP contribution in [0.4, 0.5) is 5.69 Å². The highest BCUT2D eigenvalue weighted by Gasteiger charge is 2.11. The van der Waals surface area contributed by atoms with E-state index in [1.54, 1.807) is 11.9 Å². The number of likely N-dealkylation sites (N-methyl/N-ethyl adjacent to an activating group) is 1. The molecule has 0 fully saturated rings. The molecule has 0 heterocycles. The SMILES string of the molecule is CNCc1ccc(OCC(=O)N(C)c2ccccc2)cc1. The Morgan fingerprint density at radius 3 is 2.38 bits per heavy atom. The lowest BCUT2D eigenvalue weighted by Crippen LogP contribution is -2.31. The van der Waals surface area contributed by atoms with Crippen molar-refractivity contribution in [2.24, 2.45) is 0 Å². The van der Waals surface area contributed by atoms with Crippen LogP contribution in [-0.4, -0.2) is 26.6 Å². The van der Waals surface area contributed by atoms with Gasteiger partial charge in [0, 0.05) is 19.3 Å². The molecule has 0 saturated carbocycles. The van der Waals surface area contributed by atoms with Crippen molar-refractivity contribution in [3.8, 4) is 5.75 Å². The molecule has 4 heteroatoms. The third-order valence-electron chi connectivity index (χ3n) is 3.18. The summed E-state index contributed by atoms with van der Waals surface area (Å²) < 4.78 is 5.53. The van der Waals surface area contributed by atoms with Gasteiger partial charge in [-0.2, -0.15) is 0 Å². The van der Waals surface area contributed by atoms with Crippen LogP contribution in [0.1, 0.15) is 5.56 Å². The number of para-hydroxylation sites is 1. The average Bonchev–Trinajstić information content (AvgIpc) is 2.54. The monoisotopic (exact) mass is 284 g/mol. The van der Waals surface area contributed by atoms with Crippen molar-refractivity contribution in [3.63, 3.8) is 0 Å². The third kappa shape index (κ3) is 4.33. The first kappa shape index (κ1) is 15.1. The van der Waals surface area contributed by atoms with Crippen LogP contribution in [0.2, 0.25) is 0 Å². The molecule has 0 radical (unpaired) electrons. The first-order chi connectivity index (χ1) is 10.2. The quantitative estimate of drug-likeness (QED) is 0.886. The minimum absolute atomic E-state index is 0.0246. The second kappa shape index (κ2) is 7.45. The molecule has 0 aromatic heterocycles. The summed E-state index contributed by atoms with van der Waals surface area (Å²) in [4.78, 5) is 13.7. The number of ether oxygens (including phenoxy) is 1. The maximum Gasteiger partial charge on any atom is 0.264 e. The summed E-state index contributed by atoms with van der Waals surface area (Å²) in [6.45, 7) is 0.840. The Hall–Kier alpha value is -2.33. The molecule has 0 aliphatic rings. The van der Waals surface area contributed by atoms with E-state index in [4.69, 9.17) is 4.74 Å². The van der Waals surface area contributed by atoms with Gasteiger partial charge in [0.05, 0.1) is 0 Å². The van der Waals surface area contributed by atoms with Crippen LogP contribution < -0.4 is 15.0 Å². The van der Waals surface area contributed by atoms with Crippen molar-refractivity contribution in [2.75, 3.05) is 25.6 Å². The van der Waals surface area contributed by atoms with Crippen LogP contribution in [0.3, 0.4) is 0 Å². The Morgan fingerprint density at radius 2 is 1.76 bits per heavy atom. The molecular weight excluding hydrogens is 264 g/mol. The lowest BCUT2D eigenvalue weighted by atomic mass is 10.2. The standard InChI is InChI=1S/C17H20N2O2/c1-18-12-14-8-10-16(11-9-14)21-13-17(20)19(2)15-6-4-3-5-7-15/h3-11,18H,12-13H2,1-2H3. The highest BCUT2D eigenvalue weighted by atomic mass is 16.5. The topological polar surface area (TPSA) is 41.6 Å². The van der Waals surface area contributed by atoms with Gasteiger partial charge in [0.25, 0.3) is 5.91 Å². The Morgan fingerprint density at radius 1 is 1.10 bits per heavy atom. The van der Waals surface area contributed by atoms with Gasteiger partial charge < -0.3 is 15.0 Å². The second-order valence-electron chi connectivity index (χ2n) is 4.75. The van der Waals surface area contributed by atoms with E-state index in [0.29, 0.717) is 5.75 Å². The molecule has 110 valence electrons. The normalized spacial score (nSPS) is 10.2. The van der Waals surface area contributed by atoms with E-state index in [1.165, 1.54) is 5.56 Å². The molecule has 0 spiro atoms. The van der Waals surface area contributed by atoms with Crippen LogP contribution in [0, 0.1) is 0 Å². The van der Waals surface area contributed by atoms with Crippen LogP contribution in [0.25, 0.3) is 0 Å². The molecule has 2 aromatic rings. The van der Waals surface area contributed by atoms with Gasteiger partial charge in [-0.05, 0) is 36.9 Å². The summed E-state index contributed by atoms with van der Waals surface area (Å²) in [6, 6.07) is 17.2. The van der Waals surface area contributed by atoms with E-state index >= 15 is 0 Å². The van der Waals surface area contributed by atoms with Crippen LogP contribution in [-0.2, 0) is 11.3 Å². The molecule has 2 rings (SSSR count). The summed E-state index contributed by atoms with van der Waals surface area (Å²) in [5.41, 5.74) is 2.04. The summed E-state index contributed by atoms with van der Waals surface area (Å²) in [6.07, 6.45) is 0. The first-order valence-corrected chi connectivity index (χ1v) is 6.88. The van der Waals surface area contributed by atoms with Gasteiger partial charge in [0.2, 0.25) is 0 Å². The fourth-order valence-electron chi connectivity index (χ4n) is 1.95. The molecule has 0 atom stereocenters. The number of nitrogens with zero attached hydrogens (tertiary/aromatic N) is 1. The summed E-state index contributed by atoms with van der Waals surface area (Å²) >= 11 is 0. The van der Waals surface area contributed by atoms with Crippen LogP contribution >= 0.6 is 0 Å². The number of hydrogen-bond acceptors (Lipinski definition) is 3. The number of nitrogens with one attached hydrogen (secondary N) is 1. The Bertz CT molecular complexity index is 567. The second-order valence-corrected chi connectivity index (χ2v) is 4.75. The van der Waals surface area contributed by atoms with E-state index < -0.39 is 0 Å². The molecule has 0 aliphatic carbocycles. The third-order valence-corrected chi connectivity index (χ3v) is 3.18. The lowest BCUT2D eigenvalue weighted by Gasteiger charge is -2.17. The highest BCUT2D eigenvalue weighted by molar-refractivity contribution is 5.93. The summed E-state index contributed by atoms with van der Waals surface area (Å²) in [5.74, 6) is 0.616. The molecule has 1 N–H and O–H groups in total. The maximum absolute atomic E-state index is 12.1. The zero-order valence-corrected chi connectivity index (χ0v) is 12.4. The van der Waals surface area contributed by atoms with Crippen molar-refractivity contribution >= 4 is 11.6 Å². The molecule has 0 unspecified atom stereocenters. The van der Waals surface area contributed by atoms with Crippen molar-refractivity contribution < 1.29 is 9.53 Å². The lowest BCUT2D eigenvalue weighted by molar-refractivity contribution is -0.120. The van der Waals surface area contributed by atoms with Gasteiger partial charge in [-0.15, -0.1) is 0 Å². The molecule has 21 heavy (non-hydrogen) atoms. The van der Waals surface area contributed by atoms with Gasteiger partial charge in [0.15, 0.2) is 6.61 Å². The largest absolute Gasteiger partial charge is 0.484 e. The van der Waals surface area contributed by atoms with Crippen molar-refractivity contribution in [1.82, 2.24) is 5.32 Å². The molecule has 0 aliphatic heterocycles. The molecule has 4 nitrogen and oxygen atoms in total. The van der Waals surface area contributed by atoms with Crippen molar-refractivity contribution in [2.45, 2.75) is 6.54 Å². The molecule has 0 saturated heterocycles. The van der Waals surface area contributed by atoms with Gasteiger partial charge in [-0.25, -0.2) is 0 Å². The van der Waals surface area contributed by atoms with E-state index in [9.17, 15) is 4.79 Å². The number of amides is 1. The van der Waals surface area contributed by atoms with E-state index in [1.807, 2.05) is 61.6 Å². The Labute approximate surface area is 125 Å². The number of rotatable bonds is 6. The van der Waals surface area contributed by atoms with E-state index in [-0.39, 0.29) is 12.5 Å². The molecular formula is C17H20N2O2. The number of hydrogen-bond donors (Lipinski definition) is 1. The zero-order valence-electron chi connectivity index (χ0n) is 12.4. The molecule has 2 aromatic carbocycles. The summed E-state index contributed by atoms with van der Waals surface area (Å²) in [7, 11) is 3.65.